The minimum absolute atomic E-state index is 0.184. The molecule has 5 nitrogen and oxygen atoms in total. The van der Waals surface area contributed by atoms with Gasteiger partial charge < -0.3 is 4.98 Å². The first-order chi connectivity index (χ1) is 9.92. The van der Waals surface area contributed by atoms with Crippen LogP contribution in [0.4, 0.5) is 4.39 Å². The molecular formula is C12H12Cl2FN3O2S. The first kappa shape index (κ1) is 16.2. The summed E-state index contributed by atoms with van der Waals surface area (Å²) in [6.45, 7) is 0.184. The normalized spacial score (nSPS) is 11.8. The van der Waals surface area contributed by atoms with Crippen molar-refractivity contribution in [3.63, 3.8) is 0 Å². The van der Waals surface area contributed by atoms with E-state index in [1.54, 1.807) is 12.4 Å². The maximum atomic E-state index is 13.5. The van der Waals surface area contributed by atoms with E-state index in [-0.39, 0.29) is 16.5 Å². The predicted molar refractivity (Wildman–Crippen MR) is 78.5 cm³/mol. The summed E-state index contributed by atoms with van der Waals surface area (Å²) in [5.41, 5.74) is 0. The molecular weight excluding hydrogens is 340 g/mol. The van der Waals surface area contributed by atoms with Gasteiger partial charge in [0.25, 0.3) is 0 Å². The average molecular weight is 352 g/mol. The first-order valence-corrected chi connectivity index (χ1v) is 8.27. The van der Waals surface area contributed by atoms with Gasteiger partial charge in [-0.3, -0.25) is 0 Å². The van der Waals surface area contributed by atoms with Crippen molar-refractivity contribution in [1.29, 1.82) is 0 Å². The summed E-state index contributed by atoms with van der Waals surface area (Å²) >= 11 is 11.2. The fourth-order valence-corrected chi connectivity index (χ4v) is 3.51. The average Bonchev–Trinajstić information content (AvgIpc) is 2.94. The van der Waals surface area contributed by atoms with Crippen LogP contribution in [0.2, 0.25) is 10.0 Å². The fourth-order valence-electron chi connectivity index (χ4n) is 1.69. The quantitative estimate of drug-likeness (QED) is 0.620. The van der Waals surface area contributed by atoms with Crippen LogP contribution in [0.25, 0.3) is 0 Å². The maximum Gasteiger partial charge on any atom is 0.242 e. The summed E-state index contributed by atoms with van der Waals surface area (Å²) in [4.78, 5) is 6.61. The number of hydrogen-bond donors (Lipinski definition) is 2. The molecule has 114 valence electrons. The molecule has 0 bridgehead atoms. The molecule has 0 atom stereocenters. The number of hydrogen-bond acceptors (Lipinski definition) is 3. The van der Waals surface area contributed by atoms with E-state index in [9.17, 15) is 12.8 Å². The second-order valence-corrected chi connectivity index (χ2v) is 6.73. The number of imidazole rings is 1. The maximum absolute atomic E-state index is 13.5. The van der Waals surface area contributed by atoms with Gasteiger partial charge in [0.2, 0.25) is 10.0 Å². The largest absolute Gasteiger partial charge is 0.349 e. The van der Waals surface area contributed by atoms with E-state index in [1.165, 1.54) is 6.07 Å². The van der Waals surface area contributed by atoms with E-state index < -0.39 is 20.9 Å². The van der Waals surface area contributed by atoms with Crippen LogP contribution in [-0.2, 0) is 16.4 Å². The molecule has 0 spiro atoms. The smallest absolute Gasteiger partial charge is 0.242 e. The highest BCUT2D eigenvalue weighted by molar-refractivity contribution is 7.89. The van der Waals surface area contributed by atoms with E-state index in [2.05, 4.69) is 14.7 Å². The Morgan fingerprint density at radius 1 is 1.33 bits per heavy atom. The molecule has 0 saturated heterocycles. The fraction of sp³-hybridized carbons (Fsp3) is 0.250. The highest BCUT2D eigenvalue weighted by Crippen LogP contribution is 2.29. The van der Waals surface area contributed by atoms with E-state index >= 15 is 0 Å². The lowest BCUT2D eigenvalue weighted by molar-refractivity contribution is 0.575. The molecule has 0 radical (unpaired) electrons. The lowest BCUT2D eigenvalue weighted by atomic mass is 10.3. The van der Waals surface area contributed by atoms with Crippen LogP contribution in [0.5, 0.6) is 0 Å². The summed E-state index contributed by atoms with van der Waals surface area (Å²) in [6, 6.07) is 2.32. The summed E-state index contributed by atoms with van der Waals surface area (Å²) < 4.78 is 40.0. The number of aryl methyl sites for hydroxylation is 1. The third-order valence-corrected chi connectivity index (χ3v) is 5.00. The van der Waals surface area contributed by atoms with Crippen LogP contribution >= 0.6 is 23.2 Å². The molecule has 0 aliphatic rings. The van der Waals surface area contributed by atoms with Crippen molar-refractivity contribution >= 4 is 33.2 Å². The second kappa shape index (κ2) is 6.74. The molecule has 0 amide bonds. The summed E-state index contributed by atoms with van der Waals surface area (Å²) in [5, 5.41) is -0.738. The van der Waals surface area contributed by atoms with E-state index in [4.69, 9.17) is 23.2 Å². The number of nitrogens with zero attached hydrogens (tertiary/aromatic N) is 1. The van der Waals surface area contributed by atoms with E-state index in [0.29, 0.717) is 12.8 Å². The Balaban J connectivity index is 2.00. The van der Waals surface area contributed by atoms with Gasteiger partial charge in [-0.05, 0) is 18.6 Å². The number of H-pyrrole nitrogens is 1. The molecule has 1 aromatic carbocycles. The zero-order chi connectivity index (χ0) is 15.5. The van der Waals surface area contributed by atoms with Gasteiger partial charge in [-0.2, -0.15) is 0 Å². The van der Waals surface area contributed by atoms with Crippen LogP contribution in [0.15, 0.2) is 29.4 Å². The number of benzene rings is 1. The van der Waals surface area contributed by atoms with Crippen LogP contribution in [0.1, 0.15) is 12.2 Å². The van der Waals surface area contributed by atoms with E-state index in [0.717, 1.165) is 11.9 Å². The second-order valence-electron chi connectivity index (χ2n) is 4.21. The Morgan fingerprint density at radius 2 is 2.10 bits per heavy atom. The molecule has 0 aliphatic heterocycles. The van der Waals surface area contributed by atoms with Crippen LogP contribution < -0.4 is 4.72 Å². The van der Waals surface area contributed by atoms with Gasteiger partial charge in [-0.15, -0.1) is 0 Å². The third kappa shape index (κ3) is 3.94. The zero-order valence-electron chi connectivity index (χ0n) is 10.7. The van der Waals surface area contributed by atoms with Crippen LogP contribution in [0, 0.1) is 5.82 Å². The highest BCUT2D eigenvalue weighted by Gasteiger charge is 2.21. The van der Waals surface area contributed by atoms with Crippen molar-refractivity contribution in [2.24, 2.45) is 0 Å². The Morgan fingerprint density at radius 3 is 2.76 bits per heavy atom. The number of aromatic nitrogens is 2. The van der Waals surface area contributed by atoms with Crippen molar-refractivity contribution in [2.75, 3.05) is 6.54 Å². The molecule has 0 aliphatic carbocycles. The van der Waals surface area contributed by atoms with Crippen LogP contribution in [-0.4, -0.2) is 24.9 Å². The Bertz CT molecular complexity index is 720. The molecule has 2 N–H and O–H groups in total. The van der Waals surface area contributed by atoms with Gasteiger partial charge in [0.15, 0.2) is 5.82 Å². The molecule has 1 heterocycles. The number of halogens is 3. The van der Waals surface area contributed by atoms with Gasteiger partial charge in [-0.1, -0.05) is 23.2 Å². The summed E-state index contributed by atoms with van der Waals surface area (Å²) in [5.74, 6) is -0.179. The van der Waals surface area contributed by atoms with Crippen LogP contribution in [0.3, 0.4) is 0 Å². The van der Waals surface area contributed by atoms with Gasteiger partial charge in [0, 0.05) is 25.4 Å². The minimum Gasteiger partial charge on any atom is -0.349 e. The topological polar surface area (TPSA) is 74.8 Å². The SMILES string of the molecule is O=S(=O)(NCCCc1ncc[nH]1)c1ccc(Cl)c(F)c1Cl. The third-order valence-electron chi connectivity index (χ3n) is 2.73. The first-order valence-electron chi connectivity index (χ1n) is 6.03. The van der Waals surface area contributed by atoms with Gasteiger partial charge in [-0.25, -0.2) is 22.5 Å². The number of sulfonamides is 1. The monoisotopic (exact) mass is 351 g/mol. The van der Waals surface area contributed by atoms with Gasteiger partial charge in [0.05, 0.1) is 10.0 Å². The number of aromatic amines is 1. The van der Waals surface area contributed by atoms with Crippen molar-refractivity contribution in [3.8, 4) is 0 Å². The molecule has 1 aromatic heterocycles. The Kier molecular flexibility index (Phi) is 5.21. The predicted octanol–water partition coefficient (Wildman–Crippen LogP) is 2.77. The number of rotatable bonds is 6. The molecule has 0 saturated carbocycles. The minimum atomic E-state index is -3.88. The standard InChI is InChI=1S/C12H12Cl2FN3O2S/c13-8-3-4-9(11(14)12(8)15)21(19,20)18-5-1-2-10-16-6-7-17-10/h3-4,6-7,18H,1-2,5H2,(H,16,17). The molecule has 21 heavy (non-hydrogen) atoms. The Labute approximate surface area is 131 Å². The molecule has 2 rings (SSSR count). The highest BCUT2D eigenvalue weighted by atomic mass is 35.5. The summed E-state index contributed by atoms with van der Waals surface area (Å²) in [6.07, 6.45) is 4.45. The molecule has 2 aromatic rings. The van der Waals surface area contributed by atoms with Crippen molar-refractivity contribution in [3.05, 3.63) is 46.2 Å². The van der Waals surface area contributed by atoms with Crippen molar-refractivity contribution < 1.29 is 12.8 Å². The number of nitrogens with one attached hydrogen (secondary N) is 2. The van der Waals surface area contributed by atoms with Gasteiger partial charge in [0.1, 0.15) is 10.7 Å². The van der Waals surface area contributed by atoms with E-state index in [1.807, 2.05) is 0 Å². The summed E-state index contributed by atoms with van der Waals surface area (Å²) in [7, 11) is -3.88. The van der Waals surface area contributed by atoms with Gasteiger partial charge >= 0.3 is 0 Å². The zero-order valence-corrected chi connectivity index (χ0v) is 13.1. The molecule has 0 fully saturated rings. The molecule has 0 unspecified atom stereocenters. The molecule has 9 heteroatoms. The lowest BCUT2D eigenvalue weighted by Gasteiger charge is -2.09. The van der Waals surface area contributed by atoms with Crippen molar-refractivity contribution in [1.82, 2.24) is 14.7 Å². The Hall–Kier alpha value is -1.15. The lowest BCUT2D eigenvalue weighted by Crippen LogP contribution is -2.25. The van der Waals surface area contributed by atoms with Crippen molar-refractivity contribution in [2.45, 2.75) is 17.7 Å².